The smallest absolute Gasteiger partial charge is 0.329 e. The second-order valence-corrected chi connectivity index (χ2v) is 9.55. The maximum atomic E-state index is 15.0. The molecule has 4 aromatic carbocycles. The summed E-state index contributed by atoms with van der Waals surface area (Å²) in [5, 5.41) is 0. The number of imidazole rings is 1. The molecule has 0 aliphatic heterocycles. The summed E-state index contributed by atoms with van der Waals surface area (Å²) in [6.07, 6.45) is -4.99. The molecule has 0 spiro atoms. The fraction of sp³-hybridized carbons (Fsp3) is 0.250. The Labute approximate surface area is 256 Å². The molecule has 0 saturated heterocycles. The minimum Gasteiger partial charge on any atom is -0.329 e. The predicted molar refractivity (Wildman–Crippen MR) is 168 cm³/mol. The Morgan fingerprint density at radius 2 is 1.16 bits per heavy atom. The maximum Gasteiger partial charge on any atom is 0.419 e. The van der Waals surface area contributed by atoms with Gasteiger partial charge in [-0.1, -0.05) is 125 Å². The van der Waals surface area contributed by atoms with E-state index in [1.165, 1.54) is 0 Å². The Hall–Kier alpha value is -4.30. The molecule has 1 aromatic heterocycles. The first-order chi connectivity index (χ1) is 21.2. The normalized spacial score (nSPS) is 11.0. The monoisotopic (exact) mass is 607 g/mol. The molecule has 5 rings (SSSR count). The summed E-state index contributed by atoms with van der Waals surface area (Å²) < 4.78 is 70.9. The Morgan fingerprint density at radius 1 is 0.636 bits per heavy atom. The molecule has 0 atom stereocenters. The SMILES string of the molecule is CC.CC.Cn1c(-c2ccccc2)nc(-c2ccccc2)c1CN(Cc1ccccc1)Cc1ccc(C(F)(F)F)c(F)c1F. The van der Waals surface area contributed by atoms with Crippen molar-refractivity contribution in [1.82, 2.24) is 14.5 Å². The van der Waals surface area contributed by atoms with Crippen LogP contribution in [-0.4, -0.2) is 14.5 Å². The van der Waals surface area contributed by atoms with Crippen molar-refractivity contribution in [3.63, 3.8) is 0 Å². The van der Waals surface area contributed by atoms with Gasteiger partial charge in [0, 0.05) is 43.4 Å². The van der Waals surface area contributed by atoms with Gasteiger partial charge in [0.05, 0.1) is 17.0 Å². The second kappa shape index (κ2) is 16.0. The van der Waals surface area contributed by atoms with Crippen molar-refractivity contribution < 1.29 is 22.0 Å². The molecule has 232 valence electrons. The van der Waals surface area contributed by atoms with Crippen molar-refractivity contribution in [3.05, 3.63) is 137 Å². The van der Waals surface area contributed by atoms with Gasteiger partial charge in [0.2, 0.25) is 0 Å². The Bertz CT molecular complexity index is 1580. The van der Waals surface area contributed by atoms with Crippen LogP contribution in [0.5, 0.6) is 0 Å². The number of aromatic nitrogens is 2. The lowest BCUT2D eigenvalue weighted by atomic mass is 10.1. The van der Waals surface area contributed by atoms with Crippen molar-refractivity contribution >= 4 is 0 Å². The third-order valence-electron chi connectivity index (χ3n) is 6.78. The summed E-state index contributed by atoms with van der Waals surface area (Å²) in [6.45, 7) is 8.51. The van der Waals surface area contributed by atoms with Crippen LogP contribution >= 0.6 is 0 Å². The molecular formula is C36H38F5N3. The number of hydrogen-bond acceptors (Lipinski definition) is 2. The Morgan fingerprint density at radius 3 is 1.70 bits per heavy atom. The minimum atomic E-state index is -4.99. The first-order valence-electron chi connectivity index (χ1n) is 14.7. The lowest BCUT2D eigenvalue weighted by molar-refractivity contribution is -0.140. The Balaban J connectivity index is 0.00000127. The minimum absolute atomic E-state index is 0.115. The van der Waals surface area contributed by atoms with Gasteiger partial charge in [0.15, 0.2) is 11.6 Å². The number of nitrogens with zero attached hydrogens (tertiary/aromatic N) is 3. The lowest BCUT2D eigenvalue weighted by Crippen LogP contribution is -2.25. The zero-order valence-electron chi connectivity index (χ0n) is 25.7. The molecule has 44 heavy (non-hydrogen) atoms. The summed E-state index contributed by atoms with van der Waals surface area (Å²) in [5.74, 6) is -2.64. The molecule has 0 aliphatic rings. The van der Waals surface area contributed by atoms with E-state index in [1.807, 2.05) is 135 Å². The van der Waals surface area contributed by atoms with Crippen molar-refractivity contribution in [1.29, 1.82) is 0 Å². The van der Waals surface area contributed by atoms with E-state index in [4.69, 9.17) is 4.98 Å². The molecule has 0 saturated carbocycles. The first-order valence-corrected chi connectivity index (χ1v) is 14.7. The van der Waals surface area contributed by atoms with E-state index < -0.39 is 23.4 Å². The van der Waals surface area contributed by atoms with Gasteiger partial charge in [-0.15, -0.1) is 0 Å². The van der Waals surface area contributed by atoms with Crippen LogP contribution in [0.1, 0.15) is 50.1 Å². The van der Waals surface area contributed by atoms with Crippen LogP contribution in [0, 0.1) is 11.6 Å². The maximum absolute atomic E-state index is 15.0. The third kappa shape index (κ3) is 8.20. The van der Waals surface area contributed by atoms with E-state index in [0.717, 1.165) is 40.0 Å². The summed E-state index contributed by atoms with van der Waals surface area (Å²) in [4.78, 5) is 6.84. The van der Waals surface area contributed by atoms with Gasteiger partial charge < -0.3 is 4.57 Å². The van der Waals surface area contributed by atoms with Gasteiger partial charge in [-0.3, -0.25) is 4.90 Å². The van der Waals surface area contributed by atoms with Crippen LogP contribution in [0.2, 0.25) is 0 Å². The predicted octanol–water partition coefficient (Wildman–Crippen LogP) is 10.3. The molecule has 5 aromatic rings. The summed E-state index contributed by atoms with van der Waals surface area (Å²) in [7, 11) is 1.90. The zero-order chi connectivity index (χ0) is 32.3. The molecule has 3 nitrogen and oxygen atoms in total. The van der Waals surface area contributed by atoms with Crippen LogP contribution < -0.4 is 0 Å². The highest BCUT2D eigenvalue weighted by molar-refractivity contribution is 5.68. The van der Waals surface area contributed by atoms with E-state index in [2.05, 4.69) is 0 Å². The van der Waals surface area contributed by atoms with Gasteiger partial charge in [0.1, 0.15) is 5.82 Å². The molecule has 8 heteroatoms. The van der Waals surface area contributed by atoms with Gasteiger partial charge in [-0.05, 0) is 11.6 Å². The summed E-state index contributed by atoms with van der Waals surface area (Å²) in [6, 6.07) is 30.4. The standard InChI is InChI=1S/C32H26F5N3.2C2H6/c1-39-27(30(23-13-7-3-8-14-23)38-31(39)24-15-9-4-10-16-24)21-40(19-22-11-5-2-6-12-22)20-25-17-18-26(32(35,36)37)29(34)28(25)33;2*1-2/h2-18H,19-21H2,1H3;2*1-2H3. The molecule has 0 fully saturated rings. The van der Waals surface area contributed by atoms with Gasteiger partial charge >= 0.3 is 6.18 Å². The van der Waals surface area contributed by atoms with E-state index in [-0.39, 0.29) is 18.7 Å². The molecule has 0 bridgehead atoms. The highest BCUT2D eigenvalue weighted by Gasteiger charge is 2.36. The lowest BCUT2D eigenvalue weighted by Gasteiger charge is -2.24. The third-order valence-corrected chi connectivity index (χ3v) is 6.78. The molecule has 0 unspecified atom stereocenters. The van der Waals surface area contributed by atoms with E-state index in [1.54, 1.807) is 0 Å². The van der Waals surface area contributed by atoms with Gasteiger partial charge in [-0.25, -0.2) is 13.8 Å². The quantitative estimate of drug-likeness (QED) is 0.164. The molecule has 1 heterocycles. The fourth-order valence-electron chi connectivity index (χ4n) is 4.78. The van der Waals surface area contributed by atoms with Crippen LogP contribution in [-0.2, 0) is 32.9 Å². The van der Waals surface area contributed by atoms with Crippen LogP contribution in [0.3, 0.4) is 0 Å². The fourth-order valence-corrected chi connectivity index (χ4v) is 4.78. The summed E-state index contributed by atoms with van der Waals surface area (Å²) >= 11 is 0. The van der Waals surface area contributed by atoms with Crippen molar-refractivity contribution in [2.75, 3.05) is 0 Å². The number of halogens is 5. The molecule has 0 aliphatic carbocycles. The van der Waals surface area contributed by atoms with Crippen LogP contribution in [0.15, 0.2) is 103 Å². The number of benzene rings is 4. The molecule has 0 amide bonds. The molecule has 0 radical (unpaired) electrons. The number of rotatable bonds is 8. The first kappa shape index (κ1) is 34.2. The van der Waals surface area contributed by atoms with E-state index >= 15 is 0 Å². The number of alkyl halides is 3. The van der Waals surface area contributed by atoms with Crippen molar-refractivity contribution in [2.45, 2.75) is 53.5 Å². The highest BCUT2D eigenvalue weighted by Crippen LogP contribution is 2.34. The van der Waals surface area contributed by atoms with Crippen molar-refractivity contribution in [2.24, 2.45) is 7.05 Å². The molecular weight excluding hydrogens is 569 g/mol. The van der Waals surface area contributed by atoms with Crippen LogP contribution in [0.25, 0.3) is 22.6 Å². The van der Waals surface area contributed by atoms with Crippen LogP contribution in [0.4, 0.5) is 22.0 Å². The topological polar surface area (TPSA) is 21.1 Å². The highest BCUT2D eigenvalue weighted by atomic mass is 19.4. The van der Waals surface area contributed by atoms with Gasteiger partial charge in [-0.2, -0.15) is 13.2 Å². The van der Waals surface area contributed by atoms with E-state index in [9.17, 15) is 22.0 Å². The summed E-state index contributed by atoms with van der Waals surface area (Å²) in [5.41, 5.74) is 2.51. The van der Waals surface area contributed by atoms with Gasteiger partial charge in [0.25, 0.3) is 0 Å². The average molecular weight is 608 g/mol. The van der Waals surface area contributed by atoms with E-state index in [0.29, 0.717) is 12.6 Å². The van der Waals surface area contributed by atoms with Crippen molar-refractivity contribution in [3.8, 4) is 22.6 Å². The molecule has 0 N–H and O–H groups in total. The Kier molecular flexibility index (Phi) is 12.4. The zero-order valence-corrected chi connectivity index (χ0v) is 25.7. The average Bonchev–Trinajstić information content (AvgIpc) is 3.37. The largest absolute Gasteiger partial charge is 0.419 e. The second-order valence-electron chi connectivity index (χ2n) is 9.55. The number of hydrogen-bond donors (Lipinski definition) is 0.